The predicted octanol–water partition coefficient (Wildman–Crippen LogP) is 2.80. The maximum Gasteiger partial charge on any atom is 0.412 e. The number of hydrogen-bond donors (Lipinski definition) is 2. The molecular weight excluding hydrogens is 230 g/mol. The summed E-state index contributed by atoms with van der Waals surface area (Å²) in [5.74, 6) is 0.870. The SMILES string of the molecule is CNC(=O)Oc1ccccc1.Oc1ccccc1. The van der Waals surface area contributed by atoms with Gasteiger partial charge in [0.25, 0.3) is 0 Å². The third-order valence-electron chi connectivity index (χ3n) is 1.91. The molecule has 0 spiro atoms. The molecule has 0 bridgehead atoms. The molecule has 2 aromatic carbocycles. The Balaban J connectivity index is 0.000000199. The van der Waals surface area contributed by atoms with Gasteiger partial charge in [0.05, 0.1) is 0 Å². The van der Waals surface area contributed by atoms with Crippen LogP contribution in [0.5, 0.6) is 11.5 Å². The molecule has 2 rings (SSSR count). The topological polar surface area (TPSA) is 58.6 Å². The lowest BCUT2D eigenvalue weighted by atomic mass is 10.3. The van der Waals surface area contributed by atoms with Gasteiger partial charge in [-0.2, -0.15) is 0 Å². The van der Waals surface area contributed by atoms with Gasteiger partial charge >= 0.3 is 6.09 Å². The fourth-order valence-electron chi connectivity index (χ4n) is 1.07. The van der Waals surface area contributed by atoms with Crippen molar-refractivity contribution in [1.29, 1.82) is 0 Å². The minimum absolute atomic E-state index is 0.322. The van der Waals surface area contributed by atoms with Gasteiger partial charge in [0.15, 0.2) is 0 Å². The Morgan fingerprint density at radius 1 is 1.00 bits per heavy atom. The van der Waals surface area contributed by atoms with Crippen LogP contribution < -0.4 is 10.1 Å². The first kappa shape index (κ1) is 13.6. The number of rotatable bonds is 1. The summed E-state index contributed by atoms with van der Waals surface area (Å²) in [6.07, 6.45) is -0.448. The molecule has 0 saturated heterocycles. The van der Waals surface area contributed by atoms with Crippen LogP contribution in [0, 0.1) is 0 Å². The number of para-hydroxylation sites is 2. The summed E-state index contributed by atoms with van der Waals surface area (Å²) in [6.45, 7) is 0. The summed E-state index contributed by atoms with van der Waals surface area (Å²) >= 11 is 0. The van der Waals surface area contributed by atoms with E-state index in [-0.39, 0.29) is 0 Å². The monoisotopic (exact) mass is 245 g/mol. The third kappa shape index (κ3) is 5.55. The fourth-order valence-corrected chi connectivity index (χ4v) is 1.07. The van der Waals surface area contributed by atoms with Crippen molar-refractivity contribution >= 4 is 6.09 Å². The van der Waals surface area contributed by atoms with Crippen molar-refractivity contribution in [2.75, 3.05) is 7.05 Å². The highest BCUT2D eigenvalue weighted by Crippen LogP contribution is 2.07. The van der Waals surface area contributed by atoms with Gasteiger partial charge in [-0.25, -0.2) is 4.79 Å². The average Bonchev–Trinajstić information content (AvgIpc) is 2.41. The Morgan fingerprint density at radius 2 is 1.50 bits per heavy atom. The molecule has 1 amide bonds. The minimum Gasteiger partial charge on any atom is -0.508 e. The first-order valence-corrected chi connectivity index (χ1v) is 5.41. The van der Waals surface area contributed by atoms with Crippen molar-refractivity contribution in [2.45, 2.75) is 0 Å². The van der Waals surface area contributed by atoms with E-state index in [1.165, 1.54) is 7.05 Å². The average molecular weight is 245 g/mol. The van der Waals surface area contributed by atoms with Gasteiger partial charge in [-0.15, -0.1) is 0 Å². The summed E-state index contributed by atoms with van der Waals surface area (Å²) in [5.41, 5.74) is 0. The van der Waals surface area contributed by atoms with Gasteiger partial charge < -0.3 is 15.2 Å². The number of aromatic hydroxyl groups is 1. The number of benzene rings is 2. The van der Waals surface area contributed by atoms with Crippen LogP contribution in [0.4, 0.5) is 4.79 Å². The molecular formula is C14H15NO3. The zero-order chi connectivity index (χ0) is 13.2. The van der Waals surface area contributed by atoms with E-state index in [9.17, 15) is 4.79 Å². The molecule has 4 nitrogen and oxygen atoms in total. The van der Waals surface area contributed by atoms with Gasteiger partial charge in [-0.05, 0) is 24.3 Å². The molecule has 0 fully saturated rings. The minimum atomic E-state index is -0.448. The van der Waals surface area contributed by atoms with E-state index in [0.29, 0.717) is 11.5 Å². The molecule has 0 radical (unpaired) electrons. The van der Waals surface area contributed by atoms with Gasteiger partial charge in [0.2, 0.25) is 0 Å². The number of phenolic OH excluding ortho intramolecular Hbond substituents is 1. The lowest BCUT2D eigenvalue weighted by Crippen LogP contribution is -2.21. The van der Waals surface area contributed by atoms with Gasteiger partial charge in [0.1, 0.15) is 11.5 Å². The first-order chi connectivity index (χ1) is 8.72. The van der Waals surface area contributed by atoms with E-state index in [2.05, 4.69) is 5.32 Å². The first-order valence-electron chi connectivity index (χ1n) is 5.41. The van der Waals surface area contributed by atoms with Crippen LogP contribution in [0.3, 0.4) is 0 Å². The molecule has 0 unspecified atom stereocenters. The maximum atomic E-state index is 10.6. The summed E-state index contributed by atoms with van der Waals surface area (Å²) < 4.78 is 4.81. The number of carbonyl (C=O) groups is 1. The highest BCUT2D eigenvalue weighted by molar-refractivity contribution is 5.69. The molecule has 0 heterocycles. The van der Waals surface area contributed by atoms with Crippen LogP contribution in [-0.2, 0) is 0 Å². The number of carbonyl (C=O) groups excluding carboxylic acids is 1. The number of amides is 1. The quantitative estimate of drug-likeness (QED) is 0.812. The van der Waals surface area contributed by atoms with Crippen LogP contribution in [0.25, 0.3) is 0 Å². The second kappa shape index (κ2) is 7.73. The highest BCUT2D eigenvalue weighted by Gasteiger charge is 1.97. The van der Waals surface area contributed by atoms with Crippen LogP contribution in [0.1, 0.15) is 0 Å². The van der Waals surface area contributed by atoms with Crippen molar-refractivity contribution in [1.82, 2.24) is 5.32 Å². The summed E-state index contributed by atoms with van der Waals surface area (Å²) in [4.78, 5) is 10.6. The number of phenols is 1. The van der Waals surface area contributed by atoms with E-state index in [1.54, 1.807) is 48.5 Å². The number of ether oxygens (including phenoxy) is 1. The Labute approximate surface area is 106 Å². The summed E-state index contributed by atoms with van der Waals surface area (Å²) in [7, 11) is 1.52. The number of nitrogens with one attached hydrogen (secondary N) is 1. The molecule has 2 aromatic rings. The van der Waals surface area contributed by atoms with Crippen molar-refractivity contribution in [2.24, 2.45) is 0 Å². The van der Waals surface area contributed by atoms with E-state index in [1.807, 2.05) is 12.1 Å². The molecule has 0 saturated carbocycles. The van der Waals surface area contributed by atoms with Crippen LogP contribution in [-0.4, -0.2) is 18.2 Å². The third-order valence-corrected chi connectivity index (χ3v) is 1.91. The molecule has 0 aliphatic carbocycles. The summed E-state index contributed by atoms with van der Waals surface area (Å²) in [5, 5.41) is 11.0. The van der Waals surface area contributed by atoms with Crippen LogP contribution >= 0.6 is 0 Å². The molecule has 0 aromatic heterocycles. The molecule has 0 aliphatic rings. The smallest absolute Gasteiger partial charge is 0.412 e. The van der Waals surface area contributed by atoms with Gasteiger partial charge in [-0.1, -0.05) is 36.4 Å². The van der Waals surface area contributed by atoms with Crippen molar-refractivity contribution in [3.05, 3.63) is 60.7 Å². The maximum absolute atomic E-state index is 10.6. The lowest BCUT2D eigenvalue weighted by molar-refractivity contribution is 0.203. The molecule has 2 N–H and O–H groups in total. The lowest BCUT2D eigenvalue weighted by Gasteiger charge is -2.00. The van der Waals surface area contributed by atoms with Crippen LogP contribution in [0.15, 0.2) is 60.7 Å². The second-order valence-corrected chi connectivity index (χ2v) is 3.29. The van der Waals surface area contributed by atoms with E-state index in [0.717, 1.165) is 0 Å². The Hall–Kier alpha value is -2.49. The molecule has 0 aliphatic heterocycles. The van der Waals surface area contributed by atoms with Crippen LogP contribution in [0.2, 0.25) is 0 Å². The molecule has 94 valence electrons. The van der Waals surface area contributed by atoms with Gasteiger partial charge in [-0.3, -0.25) is 0 Å². The normalized spacial score (nSPS) is 8.72. The van der Waals surface area contributed by atoms with E-state index < -0.39 is 6.09 Å². The Kier molecular flexibility index (Phi) is 5.83. The second-order valence-electron chi connectivity index (χ2n) is 3.29. The molecule has 18 heavy (non-hydrogen) atoms. The largest absolute Gasteiger partial charge is 0.508 e. The zero-order valence-electron chi connectivity index (χ0n) is 10.0. The van der Waals surface area contributed by atoms with Crippen molar-refractivity contribution < 1.29 is 14.6 Å². The van der Waals surface area contributed by atoms with Gasteiger partial charge in [0, 0.05) is 7.05 Å². The van der Waals surface area contributed by atoms with Crippen molar-refractivity contribution in [3.8, 4) is 11.5 Å². The van der Waals surface area contributed by atoms with E-state index in [4.69, 9.17) is 9.84 Å². The highest BCUT2D eigenvalue weighted by atomic mass is 16.5. The summed E-state index contributed by atoms with van der Waals surface area (Å²) in [6, 6.07) is 17.6. The number of hydrogen-bond acceptors (Lipinski definition) is 3. The Bertz CT molecular complexity index is 457. The Morgan fingerprint density at radius 3 is 1.89 bits per heavy atom. The molecule has 0 atom stereocenters. The van der Waals surface area contributed by atoms with E-state index >= 15 is 0 Å². The standard InChI is InChI=1S/C8H9NO2.C6H6O/c1-9-8(10)11-7-5-3-2-4-6-7;7-6-4-2-1-3-5-6/h2-6H,1H3,(H,9,10);1-5,7H. The fraction of sp³-hybridized carbons (Fsp3) is 0.0714. The molecule has 4 heteroatoms. The predicted molar refractivity (Wildman–Crippen MR) is 69.6 cm³/mol. The zero-order valence-corrected chi connectivity index (χ0v) is 10.0. The van der Waals surface area contributed by atoms with Crippen molar-refractivity contribution in [3.63, 3.8) is 0 Å².